The maximum absolute atomic E-state index is 13.3. The lowest BCUT2D eigenvalue weighted by atomic mass is 10.00. The van der Waals surface area contributed by atoms with Gasteiger partial charge in [0, 0.05) is 32.1 Å². The largest absolute Gasteiger partial charge is 0.416 e. The summed E-state index contributed by atoms with van der Waals surface area (Å²) in [7, 11) is 1.49. The van der Waals surface area contributed by atoms with Crippen LogP contribution >= 0.6 is 0 Å². The van der Waals surface area contributed by atoms with Crippen LogP contribution in [0.2, 0.25) is 0 Å². The predicted octanol–water partition coefficient (Wildman–Crippen LogP) is 4.37. The number of nitrogens with one attached hydrogen (secondary N) is 1. The number of hydrogen-bond donors (Lipinski definition) is 2. The SMILES string of the molecule is COCC(=O)N1CC=C(c2cnc3nc(C)nc(N[C@H](C)c4cc(N)cc(C(F)(F)F)c4)c3c2)CC1. The molecule has 0 fully saturated rings. The molecule has 3 heterocycles. The van der Waals surface area contributed by atoms with Crippen molar-refractivity contribution in [3.05, 3.63) is 59.1 Å². The molecule has 36 heavy (non-hydrogen) atoms. The first kappa shape index (κ1) is 25.4. The molecule has 0 aliphatic carbocycles. The number of nitrogen functional groups attached to an aromatic ring is 1. The van der Waals surface area contributed by atoms with Crippen LogP contribution in [0, 0.1) is 6.92 Å². The summed E-state index contributed by atoms with van der Waals surface area (Å²) in [6.45, 7) is 4.55. The van der Waals surface area contributed by atoms with Gasteiger partial charge in [-0.05, 0) is 61.2 Å². The maximum Gasteiger partial charge on any atom is 0.416 e. The van der Waals surface area contributed by atoms with Crippen LogP contribution in [0.1, 0.15) is 41.9 Å². The van der Waals surface area contributed by atoms with Crippen LogP contribution in [0.25, 0.3) is 16.6 Å². The van der Waals surface area contributed by atoms with E-state index < -0.39 is 17.8 Å². The standard InChI is InChI=1S/C25H27F3N6O2/c1-14(17-8-19(25(26,27)28)11-20(29)9-17)31-24-21-10-18(12-30-23(21)32-15(2)33-24)16-4-6-34(7-5-16)22(35)13-36-3/h4,8-12,14H,5-7,13,29H2,1-3H3,(H,30,31,32,33)/t14-/m1/s1. The Kier molecular flexibility index (Phi) is 7.11. The number of hydrogen-bond acceptors (Lipinski definition) is 7. The smallest absolute Gasteiger partial charge is 0.399 e. The molecule has 1 atom stereocenters. The number of amides is 1. The molecule has 0 saturated heterocycles. The Morgan fingerprint density at radius 2 is 2.03 bits per heavy atom. The number of pyridine rings is 1. The van der Waals surface area contributed by atoms with Crippen molar-refractivity contribution in [3.63, 3.8) is 0 Å². The fourth-order valence-corrected chi connectivity index (χ4v) is 4.16. The van der Waals surface area contributed by atoms with Gasteiger partial charge >= 0.3 is 6.18 Å². The van der Waals surface area contributed by atoms with Crippen LogP contribution in [-0.2, 0) is 15.7 Å². The van der Waals surface area contributed by atoms with Crippen molar-refractivity contribution >= 4 is 34.0 Å². The lowest BCUT2D eigenvalue weighted by Crippen LogP contribution is -2.36. The first-order chi connectivity index (χ1) is 17.0. The fraction of sp³-hybridized carbons (Fsp3) is 0.360. The summed E-state index contributed by atoms with van der Waals surface area (Å²) in [5.74, 6) is 0.873. The number of benzene rings is 1. The highest BCUT2D eigenvalue weighted by molar-refractivity contribution is 5.89. The molecule has 0 spiro atoms. The molecule has 2 aromatic heterocycles. The molecule has 0 radical (unpaired) electrons. The van der Waals surface area contributed by atoms with Crippen molar-refractivity contribution < 1.29 is 22.7 Å². The summed E-state index contributed by atoms with van der Waals surface area (Å²) in [6.07, 6.45) is -0.138. The molecule has 0 saturated carbocycles. The van der Waals surface area contributed by atoms with Crippen molar-refractivity contribution in [1.29, 1.82) is 0 Å². The van der Waals surface area contributed by atoms with Crippen molar-refractivity contribution in [2.24, 2.45) is 0 Å². The Bertz CT molecular complexity index is 1330. The second kappa shape index (κ2) is 10.1. The van der Waals surface area contributed by atoms with Crippen LogP contribution in [0.5, 0.6) is 0 Å². The highest BCUT2D eigenvalue weighted by Crippen LogP contribution is 2.34. The lowest BCUT2D eigenvalue weighted by Gasteiger charge is -2.26. The zero-order valence-electron chi connectivity index (χ0n) is 20.2. The van der Waals surface area contributed by atoms with E-state index in [-0.39, 0.29) is 18.2 Å². The van der Waals surface area contributed by atoms with Gasteiger partial charge < -0.3 is 20.7 Å². The summed E-state index contributed by atoms with van der Waals surface area (Å²) >= 11 is 0. The molecule has 1 aliphatic rings. The number of methoxy groups -OCH3 is 1. The number of rotatable bonds is 6. The van der Waals surface area contributed by atoms with Gasteiger partial charge in [0.2, 0.25) is 5.91 Å². The van der Waals surface area contributed by atoms with Gasteiger partial charge in [-0.2, -0.15) is 13.2 Å². The summed E-state index contributed by atoms with van der Waals surface area (Å²) in [4.78, 5) is 27.2. The van der Waals surface area contributed by atoms with Gasteiger partial charge in [0.1, 0.15) is 18.2 Å². The second-order valence-corrected chi connectivity index (χ2v) is 8.72. The van der Waals surface area contributed by atoms with Crippen LogP contribution in [0.4, 0.5) is 24.7 Å². The van der Waals surface area contributed by atoms with Gasteiger partial charge in [0.15, 0.2) is 5.65 Å². The molecule has 11 heteroatoms. The Morgan fingerprint density at radius 3 is 2.69 bits per heavy atom. The fourth-order valence-electron chi connectivity index (χ4n) is 4.16. The third kappa shape index (κ3) is 5.56. The van der Waals surface area contributed by atoms with E-state index in [2.05, 4.69) is 20.3 Å². The van der Waals surface area contributed by atoms with Crippen molar-refractivity contribution in [3.8, 4) is 0 Å². The molecule has 3 aromatic rings. The lowest BCUT2D eigenvalue weighted by molar-refractivity contribution is -0.137. The minimum Gasteiger partial charge on any atom is -0.399 e. The number of carbonyl (C=O) groups is 1. The van der Waals surface area contributed by atoms with E-state index in [1.807, 2.05) is 12.1 Å². The zero-order chi connectivity index (χ0) is 26.0. The van der Waals surface area contributed by atoms with Crippen LogP contribution in [0.3, 0.4) is 0 Å². The summed E-state index contributed by atoms with van der Waals surface area (Å²) in [5, 5.41) is 3.86. The Hall–Kier alpha value is -3.73. The number of anilines is 2. The minimum absolute atomic E-state index is 0.0309. The summed E-state index contributed by atoms with van der Waals surface area (Å²) in [5.41, 5.74) is 7.73. The number of ether oxygens (including phenoxy) is 1. The molecule has 0 unspecified atom stereocenters. The molecule has 190 valence electrons. The van der Waals surface area contributed by atoms with Gasteiger partial charge in [0.25, 0.3) is 0 Å². The Balaban J connectivity index is 1.64. The van der Waals surface area contributed by atoms with E-state index >= 15 is 0 Å². The first-order valence-corrected chi connectivity index (χ1v) is 11.4. The Labute approximate surface area is 206 Å². The second-order valence-electron chi connectivity index (χ2n) is 8.72. The maximum atomic E-state index is 13.3. The van der Waals surface area contributed by atoms with Gasteiger partial charge in [-0.3, -0.25) is 4.79 Å². The number of halogens is 3. The normalized spacial score (nSPS) is 15.1. The average Bonchev–Trinajstić information content (AvgIpc) is 2.83. The van der Waals surface area contributed by atoms with Crippen LogP contribution in [0.15, 0.2) is 36.5 Å². The molecule has 1 aromatic carbocycles. The van der Waals surface area contributed by atoms with Crippen LogP contribution in [-0.4, -0.2) is 52.6 Å². The van der Waals surface area contributed by atoms with Crippen molar-refractivity contribution in [2.45, 2.75) is 32.5 Å². The molecule has 1 aliphatic heterocycles. The summed E-state index contributed by atoms with van der Waals surface area (Å²) in [6, 6.07) is 4.90. The zero-order valence-corrected chi connectivity index (χ0v) is 20.2. The number of carbonyl (C=O) groups excluding carboxylic acids is 1. The van der Waals surface area contributed by atoms with Crippen LogP contribution < -0.4 is 11.1 Å². The molecule has 3 N–H and O–H groups in total. The number of aromatic nitrogens is 3. The summed E-state index contributed by atoms with van der Waals surface area (Å²) < 4.78 is 44.8. The minimum atomic E-state index is -4.50. The van der Waals surface area contributed by atoms with Gasteiger partial charge in [-0.1, -0.05) is 6.08 Å². The third-order valence-electron chi connectivity index (χ3n) is 6.02. The number of alkyl halides is 3. The Morgan fingerprint density at radius 1 is 1.25 bits per heavy atom. The van der Waals surface area contributed by atoms with E-state index in [4.69, 9.17) is 10.5 Å². The number of aryl methyl sites for hydroxylation is 1. The number of nitrogens with zero attached hydrogens (tertiary/aromatic N) is 4. The van der Waals surface area contributed by atoms with E-state index in [0.717, 1.165) is 23.3 Å². The molecule has 0 bridgehead atoms. The molecule has 4 rings (SSSR count). The molecule has 8 nitrogen and oxygen atoms in total. The highest BCUT2D eigenvalue weighted by atomic mass is 19.4. The topological polar surface area (TPSA) is 106 Å². The monoisotopic (exact) mass is 500 g/mol. The third-order valence-corrected chi connectivity index (χ3v) is 6.02. The van der Waals surface area contributed by atoms with Gasteiger partial charge in [-0.25, -0.2) is 15.0 Å². The van der Waals surface area contributed by atoms with Crippen molar-refractivity contribution in [2.75, 3.05) is 37.9 Å². The van der Waals surface area contributed by atoms with Gasteiger partial charge in [-0.15, -0.1) is 0 Å². The molecular formula is C25H27F3N6O2. The quantitative estimate of drug-likeness (QED) is 0.484. The average molecular weight is 501 g/mol. The number of nitrogens with two attached hydrogens (primary N) is 1. The molecule has 1 amide bonds. The van der Waals surface area contributed by atoms with E-state index in [1.165, 1.54) is 13.2 Å². The highest BCUT2D eigenvalue weighted by Gasteiger charge is 2.31. The van der Waals surface area contributed by atoms with Crippen molar-refractivity contribution in [1.82, 2.24) is 19.9 Å². The van der Waals surface area contributed by atoms with E-state index in [0.29, 0.717) is 47.7 Å². The van der Waals surface area contributed by atoms with E-state index in [1.54, 1.807) is 24.9 Å². The first-order valence-electron chi connectivity index (χ1n) is 11.4. The van der Waals surface area contributed by atoms with E-state index in [9.17, 15) is 18.0 Å². The predicted molar refractivity (Wildman–Crippen MR) is 131 cm³/mol. The molecular weight excluding hydrogens is 473 g/mol. The van der Waals surface area contributed by atoms with Gasteiger partial charge in [0.05, 0.1) is 17.0 Å². The number of fused-ring (bicyclic) bond motifs is 1.